The molecule has 1 amide bonds. The van der Waals surface area contributed by atoms with Crippen LogP contribution in [0.25, 0.3) is 0 Å². The number of nitrogens with zero attached hydrogens (tertiary/aromatic N) is 1. The van der Waals surface area contributed by atoms with Gasteiger partial charge in [-0.05, 0) is 12.5 Å². The number of benzene rings is 1. The predicted octanol–water partition coefficient (Wildman–Crippen LogP) is 1.91. The van der Waals surface area contributed by atoms with E-state index in [9.17, 15) is 14.9 Å². The van der Waals surface area contributed by atoms with Crippen molar-refractivity contribution in [3.8, 4) is 5.75 Å². The minimum absolute atomic E-state index is 0.148. The molecule has 0 aliphatic heterocycles. The molecule has 1 rings (SSSR count). The summed E-state index contributed by atoms with van der Waals surface area (Å²) in [4.78, 5) is 21.9. The first-order chi connectivity index (χ1) is 8.60. The average Bonchev–Trinajstić information content (AvgIpc) is 2.38. The third-order valence-corrected chi connectivity index (χ3v) is 2.27. The summed E-state index contributed by atoms with van der Waals surface area (Å²) in [6.07, 6.45) is 2.30. The van der Waals surface area contributed by atoms with E-state index < -0.39 is 10.8 Å². The second-order valence-electron chi connectivity index (χ2n) is 3.47. The van der Waals surface area contributed by atoms with Crippen molar-refractivity contribution in [1.29, 1.82) is 0 Å². The topological polar surface area (TPSA) is 81.5 Å². The van der Waals surface area contributed by atoms with Gasteiger partial charge < -0.3 is 10.1 Å². The molecule has 0 spiro atoms. The Morgan fingerprint density at radius 3 is 2.89 bits per heavy atom. The van der Waals surface area contributed by atoms with Crippen molar-refractivity contribution in [2.75, 3.05) is 13.7 Å². The number of rotatable bonds is 6. The van der Waals surface area contributed by atoms with E-state index in [4.69, 9.17) is 4.74 Å². The van der Waals surface area contributed by atoms with Gasteiger partial charge in [0.2, 0.25) is 0 Å². The third-order valence-electron chi connectivity index (χ3n) is 2.27. The number of ether oxygens (including phenoxy) is 1. The Morgan fingerprint density at radius 1 is 1.61 bits per heavy atom. The summed E-state index contributed by atoms with van der Waals surface area (Å²) in [5.41, 5.74) is 0.000401. The number of carbonyl (C=O) groups excluding carboxylic acids is 1. The lowest BCUT2D eigenvalue weighted by molar-refractivity contribution is -0.384. The molecule has 0 atom stereocenters. The molecule has 0 aliphatic rings. The molecule has 0 radical (unpaired) electrons. The fourth-order valence-electron chi connectivity index (χ4n) is 1.37. The highest BCUT2D eigenvalue weighted by Crippen LogP contribution is 2.23. The van der Waals surface area contributed by atoms with Gasteiger partial charge in [-0.2, -0.15) is 0 Å². The Labute approximate surface area is 104 Å². The second kappa shape index (κ2) is 6.39. The van der Waals surface area contributed by atoms with E-state index in [2.05, 4.69) is 11.9 Å². The van der Waals surface area contributed by atoms with Crippen molar-refractivity contribution in [2.24, 2.45) is 0 Å². The van der Waals surface area contributed by atoms with E-state index in [-0.39, 0.29) is 11.3 Å². The molecule has 18 heavy (non-hydrogen) atoms. The fraction of sp³-hybridized carbons (Fsp3) is 0.250. The summed E-state index contributed by atoms with van der Waals surface area (Å²) >= 11 is 0. The van der Waals surface area contributed by atoms with Crippen molar-refractivity contribution in [3.63, 3.8) is 0 Å². The maximum absolute atomic E-state index is 11.8. The molecule has 0 heterocycles. The highest BCUT2D eigenvalue weighted by Gasteiger charge is 2.16. The van der Waals surface area contributed by atoms with Crippen LogP contribution < -0.4 is 10.1 Å². The Bertz CT molecular complexity index is 471. The summed E-state index contributed by atoms with van der Waals surface area (Å²) in [6, 6.07) is 3.89. The van der Waals surface area contributed by atoms with E-state index in [1.165, 1.54) is 25.3 Å². The minimum atomic E-state index is -0.556. The molecule has 0 bridgehead atoms. The largest absolute Gasteiger partial charge is 0.496 e. The van der Waals surface area contributed by atoms with Gasteiger partial charge in [-0.3, -0.25) is 14.9 Å². The number of hydrogen-bond donors (Lipinski definition) is 1. The predicted molar refractivity (Wildman–Crippen MR) is 66.8 cm³/mol. The van der Waals surface area contributed by atoms with Crippen LogP contribution in [0.3, 0.4) is 0 Å². The highest BCUT2D eigenvalue weighted by molar-refractivity contribution is 5.97. The maximum atomic E-state index is 11.8. The molecule has 1 aromatic carbocycles. The lowest BCUT2D eigenvalue weighted by atomic mass is 10.1. The zero-order chi connectivity index (χ0) is 13.5. The Balaban J connectivity index is 2.96. The zero-order valence-electron chi connectivity index (χ0n) is 10.0. The Hall–Kier alpha value is -2.37. The van der Waals surface area contributed by atoms with Gasteiger partial charge in [0.15, 0.2) is 0 Å². The van der Waals surface area contributed by atoms with Gasteiger partial charge in [0.05, 0.1) is 17.6 Å². The normalized spacial score (nSPS) is 9.61. The quantitative estimate of drug-likeness (QED) is 0.362. The monoisotopic (exact) mass is 250 g/mol. The molecule has 6 heteroatoms. The molecule has 0 aromatic heterocycles. The summed E-state index contributed by atoms with van der Waals surface area (Å²) < 4.78 is 5.00. The van der Waals surface area contributed by atoms with Crippen molar-refractivity contribution in [3.05, 3.63) is 46.5 Å². The van der Waals surface area contributed by atoms with Crippen LogP contribution in [0, 0.1) is 10.1 Å². The molecular weight excluding hydrogens is 236 g/mol. The number of nitro groups is 1. The first-order valence-electron chi connectivity index (χ1n) is 5.31. The molecule has 0 aliphatic carbocycles. The van der Waals surface area contributed by atoms with Crippen LogP contribution in [0.15, 0.2) is 30.9 Å². The zero-order valence-corrected chi connectivity index (χ0v) is 10.0. The van der Waals surface area contributed by atoms with Crippen molar-refractivity contribution in [2.45, 2.75) is 6.42 Å². The molecule has 0 saturated carbocycles. The fourth-order valence-corrected chi connectivity index (χ4v) is 1.37. The van der Waals surface area contributed by atoms with E-state index in [1.54, 1.807) is 6.08 Å². The van der Waals surface area contributed by atoms with Gasteiger partial charge in [0.25, 0.3) is 11.6 Å². The Kier molecular flexibility index (Phi) is 4.86. The molecule has 96 valence electrons. The van der Waals surface area contributed by atoms with Gasteiger partial charge >= 0.3 is 0 Å². The standard InChI is InChI=1S/C12H14N2O4/c1-3-4-7-13-12(15)10-8-9(14(16)17)5-6-11(10)18-2/h3,5-6,8H,1,4,7H2,2H3,(H,13,15). The van der Waals surface area contributed by atoms with Gasteiger partial charge in [-0.25, -0.2) is 0 Å². The van der Waals surface area contributed by atoms with Gasteiger partial charge in [0.1, 0.15) is 5.75 Å². The van der Waals surface area contributed by atoms with Gasteiger partial charge in [-0.1, -0.05) is 6.08 Å². The summed E-state index contributed by atoms with van der Waals surface area (Å²) in [6.45, 7) is 3.96. The third kappa shape index (κ3) is 3.31. The number of amides is 1. The van der Waals surface area contributed by atoms with Gasteiger partial charge in [-0.15, -0.1) is 6.58 Å². The number of hydrogen-bond acceptors (Lipinski definition) is 4. The van der Waals surface area contributed by atoms with Crippen molar-refractivity contribution in [1.82, 2.24) is 5.32 Å². The number of non-ortho nitro benzene ring substituents is 1. The average molecular weight is 250 g/mol. The van der Waals surface area contributed by atoms with Crippen LogP contribution in [0.5, 0.6) is 5.75 Å². The first-order valence-corrected chi connectivity index (χ1v) is 5.31. The summed E-state index contributed by atoms with van der Waals surface area (Å²) in [5, 5.41) is 13.3. The lowest BCUT2D eigenvalue weighted by Gasteiger charge is -2.08. The number of carbonyl (C=O) groups is 1. The van der Waals surface area contributed by atoms with E-state index in [0.717, 1.165) is 0 Å². The summed E-state index contributed by atoms with van der Waals surface area (Å²) in [5.74, 6) is -0.103. The Morgan fingerprint density at radius 2 is 2.33 bits per heavy atom. The molecule has 1 aromatic rings. The number of nitro benzene ring substituents is 1. The lowest BCUT2D eigenvalue weighted by Crippen LogP contribution is -2.24. The number of nitrogens with one attached hydrogen (secondary N) is 1. The second-order valence-corrected chi connectivity index (χ2v) is 3.47. The maximum Gasteiger partial charge on any atom is 0.270 e. The minimum Gasteiger partial charge on any atom is -0.496 e. The van der Waals surface area contributed by atoms with E-state index in [1.807, 2.05) is 0 Å². The molecule has 0 fully saturated rings. The van der Waals surface area contributed by atoms with Crippen LogP contribution in [-0.4, -0.2) is 24.5 Å². The van der Waals surface area contributed by atoms with Crippen LogP contribution in [0.4, 0.5) is 5.69 Å². The first kappa shape index (κ1) is 13.7. The van der Waals surface area contributed by atoms with E-state index >= 15 is 0 Å². The van der Waals surface area contributed by atoms with Crippen LogP contribution in [0.2, 0.25) is 0 Å². The van der Waals surface area contributed by atoms with Crippen LogP contribution in [0.1, 0.15) is 16.8 Å². The highest BCUT2D eigenvalue weighted by atomic mass is 16.6. The van der Waals surface area contributed by atoms with E-state index in [0.29, 0.717) is 18.7 Å². The van der Waals surface area contributed by atoms with Gasteiger partial charge in [0, 0.05) is 18.7 Å². The van der Waals surface area contributed by atoms with Crippen LogP contribution in [-0.2, 0) is 0 Å². The van der Waals surface area contributed by atoms with Crippen molar-refractivity contribution >= 4 is 11.6 Å². The smallest absolute Gasteiger partial charge is 0.270 e. The molecule has 6 nitrogen and oxygen atoms in total. The molecular formula is C12H14N2O4. The molecule has 0 unspecified atom stereocenters. The summed E-state index contributed by atoms with van der Waals surface area (Å²) in [7, 11) is 1.40. The number of methoxy groups -OCH3 is 1. The molecule has 1 N–H and O–H groups in total. The van der Waals surface area contributed by atoms with Crippen LogP contribution >= 0.6 is 0 Å². The molecule has 0 saturated heterocycles. The SMILES string of the molecule is C=CCCNC(=O)c1cc([N+](=O)[O-])ccc1OC. The van der Waals surface area contributed by atoms with Crippen molar-refractivity contribution < 1.29 is 14.5 Å².